The summed E-state index contributed by atoms with van der Waals surface area (Å²) in [5, 5.41) is 2.85. The summed E-state index contributed by atoms with van der Waals surface area (Å²) in [5.74, 6) is -0.452. The number of carbonyl (C=O) groups excluding carboxylic acids is 3. The van der Waals surface area contributed by atoms with Crippen LogP contribution in [0.15, 0.2) is 24.3 Å². The lowest BCUT2D eigenvalue weighted by atomic mass is 9.92. The molecule has 2 heterocycles. The molecule has 0 saturated carbocycles. The minimum Gasteiger partial charge on any atom is -0.381 e. The van der Waals surface area contributed by atoms with Crippen LogP contribution in [-0.2, 0) is 9.53 Å². The average molecular weight is 359 g/mol. The lowest BCUT2D eigenvalue weighted by Gasteiger charge is -2.26. The molecule has 140 valence electrons. The van der Waals surface area contributed by atoms with Gasteiger partial charge >= 0.3 is 0 Å². The number of ether oxygens (including phenoxy) is 1. The molecule has 0 aromatic heterocycles. The number of benzene rings is 1. The number of fused-ring (bicyclic) bond motifs is 1. The number of imide groups is 1. The molecule has 2 aliphatic rings. The summed E-state index contributed by atoms with van der Waals surface area (Å²) in [4.78, 5) is 37.9. The van der Waals surface area contributed by atoms with Gasteiger partial charge < -0.3 is 15.8 Å². The van der Waals surface area contributed by atoms with Gasteiger partial charge in [0.25, 0.3) is 11.8 Å². The van der Waals surface area contributed by atoms with Crippen LogP contribution in [0.4, 0.5) is 0 Å². The fourth-order valence-electron chi connectivity index (χ4n) is 3.46. The maximum atomic E-state index is 12.3. The minimum absolute atomic E-state index is 0.141. The topological polar surface area (TPSA) is 102 Å². The highest BCUT2D eigenvalue weighted by molar-refractivity contribution is 6.21. The van der Waals surface area contributed by atoms with E-state index >= 15 is 0 Å². The Morgan fingerprint density at radius 2 is 1.77 bits per heavy atom. The van der Waals surface area contributed by atoms with Crippen molar-refractivity contribution < 1.29 is 19.1 Å². The Bertz CT molecular complexity index is 650. The van der Waals surface area contributed by atoms with E-state index in [2.05, 4.69) is 5.32 Å². The zero-order valence-corrected chi connectivity index (χ0v) is 14.8. The standard InChI is InChI=1S/C19H25N3O4/c20-16(13-7-11-26-12-8-13)17(23)21-9-3-4-10-22-18(24)14-5-1-2-6-15(14)19(22)25/h1-2,5-6,13,16H,3-4,7-12,20H2,(H,21,23). The fourth-order valence-corrected chi connectivity index (χ4v) is 3.46. The SMILES string of the molecule is NC(C(=O)NCCCCN1C(=O)c2ccccc2C1=O)C1CCOCC1. The predicted octanol–water partition coefficient (Wildman–Crippen LogP) is 0.933. The summed E-state index contributed by atoms with van der Waals surface area (Å²) in [6, 6.07) is 6.35. The number of hydrogen-bond acceptors (Lipinski definition) is 5. The van der Waals surface area contributed by atoms with Crippen molar-refractivity contribution in [3.63, 3.8) is 0 Å². The molecule has 1 fully saturated rings. The molecule has 0 aliphatic carbocycles. The first kappa shape index (κ1) is 18.5. The molecule has 26 heavy (non-hydrogen) atoms. The predicted molar refractivity (Wildman–Crippen MR) is 95.6 cm³/mol. The third kappa shape index (κ3) is 3.94. The van der Waals surface area contributed by atoms with Gasteiger partial charge in [-0.2, -0.15) is 0 Å². The normalized spacial score (nSPS) is 18.7. The van der Waals surface area contributed by atoms with Crippen LogP contribution in [-0.4, -0.2) is 55.0 Å². The zero-order chi connectivity index (χ0) is 18.5. The van der Waals surface area contributed by atoms with Crippen LogP contribution in [0.2, 0.25) is 0 Å². The summed E-state index contributed by atoms with van der Waals surface area (Å²) in [6.45, 7) is 2.16. The van der Waals surface area contributed by atoms with Gasteiger partial charge in [-0.15, -0.1) is 0 Å². The van der Waals surface area contributed by atoms with Gasteiger partial charge in [-0.3, -0.25) is 19.3 Å². The maximum absolute atomic E-state index is 12.3. The van der Waals surface area contributed by atoms with Crippen molar-refractivity contribution in [2.24, 2.45) is 11.7 Å². The van der Waals surface area contributed by atoms with E-state index in [0.29, 0.717) is 50.3 Å². The second-order valence-corrected chi connectivity index (χ2v) is 6.78. The molecular formula is C19H25N3O4. The van der Waals surface area contributed by atoms with Crippen LogP contribution in [0.25, 0.3) is 0 Å². The molecule has 1 aromatic rings. The highest BCUT2D eigenvalue weighted by atomic mass is 16.5. The van der Waals surface area contributed by atoms with E-state index in [-0.39, 0.29) is 23.6 Å². The molecular weight excluding hydrogens is 334 g/mol. The molecule has 2 aliphatic heterocycles. The van der Waals surface area contributed by atoms with Gasteiger partial charge in [0.15, 0.2) is 0 Å². The van der Waals surface area contributed by atoms with Crippen molar-refractivity contribution in [2.75, 3.05) is 26.3 Å². The third-order valence-electron chi connectivity index (χ3n) is 5.06. The number of amides is 3. The van der Waals surface area contributed by atoms with Crippen LogP contribution in [0.1, 0.15) is 46.4 Å². The fraction of sp³-hybridized carbons (Fsp3) is 0.526. The molecule has 7 heteroatoms. The van der Waals surface area contributed by atoms with E-state index in [9.17, 15) is 14.4 Å². The molecule has 1 atom stereocenters. The molecule has 0 bridgehead atoms. The zero-order valence-electron chi connectivity index (χ0n) is 14.8. The quantitative estimate of drug-likeness (QED) is 0.557. The van der Waals surface area contributed by atoms with E-state index in [1.54, 1.807) is 24.3 Å². The summed E-state index contributed by atoms with van der Waals surface area (Å²) in [6.07, 6.45) is 2.94. The molecule has 0 spiro atoms. The Morgan fingerprint density at radius 3 is 2.38 bits per heavy atom. The molecule has 3 N–H and O–H groups in total. The van der Waals surface area contributed by atoms with Gasteiger partial charge in [-0.05, 0) is 43.7 Å². The van der Waals surface area contributed by atoms with E-state index in [1.807, 2.05) is 0 Å². The second-order valence-electron chi connectivity index (χ2n) is 6.78. The van der Waals surface area contributed by atoms with Crippen molar-refractivity contribution >= 4 is 17.7 Å². The summed E-state index contributed by atoms with van der Waals surface area (Å²) >= 11 is 0. The summed E-state index contributed by atoms with van der Waals surface area (Å²) < 4.78 is 5.29. The van der Waals surface area contributed by atoms with Gasteiger partial charge in [-0.1, -0.05) is 12.1 Å². The molecule has 1 saturated heterocycles. The smallest absolute Gasteiger partial charge is 0.261 e. The Kier molecular flexibility index (Phi) is 6.00. The summed E-state index contributed by atoms with van der Waals surface area (Å²) in [7, 11) is 0. The van der Waals surface area contributed by atoms with Crippen LogP contribution < -0.4 is 11.1 Å². The number of carbonyl (C=O) groups is 3. The first-order valence-corrected chi connectivity index (χ1v) is 9.16. The van der Waals surface area contributed by atoms with Gasteiger partial charge in [0, 0.05) is 26.3 Å². The average Bonchev–Trinajstić information content (AvgIpc) is 2.92. The van der Waals surface area contributed by atoms with Crippen molar-refractivity contribution in [3.05, 3.63) is 35.4 Å². The van der Waals surface area contributed by atoms with Crippen molar-refractivity contribution in [3.8, 4) is 0 Å². The van der Waals surface area contributed by atoms with Crippen molar-refractivity contribution in [1.29, 1.82) is 0 Å². The first-order valence-electron chi connectivity index (χ1n) is 9.16. The lowest BCUT2D eigenvalue weighted by Crippen LogP contribution is -2.47. The number of unbranched alkanes of at least 4 members (excludes halogenated alkanes) is 1. The van der Waals surface area contributed by atoms with Gasteiger partial charge in [0.1, 0.15) is 0 Å². The Balaban J connectivity index is 1.38. The van der Waals surface area contributed by atoms with Crippen LogP contribution in [0, 0.1) is 5.92 Å². The van der Waals surface area contributed by atoms with E-state index in [4.69, 9.17) is 10.5 Å². The first-order chi connectivity index (χ1) is 12.6. The second kappa shape index (κ2) is 8.42. The molecule has 0 radical (unpaired) electrons. The van der Waals surface area contributed by atoms with E-state index in [1.165, 1.54) is 4.90 Å². The molecule has 7 nitrogen and oxygen atoms in total. The Morgan fingerprint density at radius 1 is 1.15 bits per heavy atom. The highest BCUT2D eigenvalue weighted by Gasteiger charge is 2.34. The highest BCUT2D eigenvalue weighted by Crippen LogP contribution is 2.22. The van der Waals surface area contributed by atoms with Gasteiger partial charge in [0.05, 0.1) is 17.2 Å². The van der Waals surface area contributed by atoms with E-state index in [0.717, 1.165) is 12.8 Å². The third-order valence-corrected chi connectivity index (χ3v) is 5.06. The molecule has 3 rings (SSSR count). The van der Waals surface area contributed by atoms with Crippen LogP contribution >= 0.6 is 0 Å². The number of nitrogens with two attached hydrogens (primary N) is 1. The van der Waals surface area contributed by atoms with Crippen LogP contribution in [0.3, 0.4) is 0 Å². The number of hydrogen-bond donors (Lipinski definition) is 2. The molecule has 3 amide bonds. The lowest BCUT2D eigenvalue weighted by molar-refractivity contribution is -0.124. The van der Waals surface area contributed by atoms with Crippen LogP contribution in [0.5, 0.6) is 0 Å². The number of rotatable bonds is 7. The minimum atomic E-state index is -0.505. The Hall–Kier alpha value is -2.25. The van der Waals surface area contributed by atoms with Gasteiger partial charge in [0.2, 0.25) is 5.91 Å². The Labute approximate surface area is 152 Å². The van der Waals surface area contributed by atoms with Gasteiger partial charge in [-0.25, -0.2) is 0 Å². The molecule has 1 unspecified atom stereocenters. The van der Waals surface area contributed by atoms with Crippen molar-refractivity contribution in [2.45, 2.75) is 31.7 Å². The maximum Gasteiger partial charge on any atom is 0.261 e. The summed E-state index contributed by atoms with van der Waals surface area (Å²) in [5.41, 5.74) is 6.96. The van der Waals surface area contributed by atoms with E-state index < -0.39 is 6.04 Å². The number of nitrogens with zero attached hydrogens (tertiary/aromatic N) is 1. The number of nitrogens with one attached hydrogen (secondary N) is 1. The van der Waals surface area contributed by atoms with Crippen molar-refractivity contribution in [1.82, 2.24) is 10.2 Å². The monoisotopic (exact) mass is 359 g/mol. The molecule has 1 aromatic carbocycles. The largest absolute Gasteiger partial charge is 0.381 e.